The van der Waals surface area contributed by atoms with Crippen molar-refractivity contribution in [3.8, 4) is 11.3 Å². The number of hydrogen-bond donors (Lipinski definition) is 0. The van der Waals surface area contributed by atoms with Crippen LogP contribution >= 0.6 is 11.8 Å². The Bertz CT molecular complexity index is 1240. The molecule has 36 heavy (non-hydrogen) atoms. The number of carbonyl (C=O) groups is 1. The molecule has 8 heteroatoms. The van der Waals surface area contributed by atoms with Gasteiger partial charge in [0.2, 0.25) is 5.91 Å². The van der Waals surface area contributed by atoms with Gasteiger partial charge in [-0.1, -0.05) is 103 Å². The summed E-state index contributed by atoms with van der Waals surface area (Å²) in [6, 6.07) is 28.7. The van der Waals surface area contributed by atoms with E-state index in [2.05, 4.69) is 9.97 Å². The van der Waals surface area contributed by atoms with Crippen LogP contribution in [0.2, 0.25) is 0 Å². The molecule has 0 aliphatic rings. The van der Waals surface area contributed by atoms with Crippen molar-refractivity contribution in [2.24, 2.45) is 0 Å². The summed E-state index contributed by atoms with van der Waals surface area (Å²) >= 11 is 0.927. The van der Waals surface area contributed by atoms with Crippen molar-refractivity contribution < 1.29 is 18.0 Å². The van der Waals surface area contributed by atoms with Gasteiger partial charge in [0.25, 0.3) is 0 Å². The molecule has 3 aromatic carbocycles. The van der Waals surface area contributed by atoms with Crippen LogP contribution in [0, 0.1) is 0 Å². The molecule has 1 aromatic heterocycles. The molecular weight excluding hydrogens is 483 g/mol. The maximum absolute atomic E-state index is 13.6. The van der Waals surface area contributed by atoms with E-state index >= 15 is 0 Å². The molecule has 0 fully saturated rings. The van der Waals surface area contributed by atoms with Gasteiger partial charge >= 0.3 is 6.18 Å². The standard InChI is InChI=1S/C28H24F3N3OS/c1-20(26(35)34(18-21-11-5-2-6-12-21)19-22-13-7-3-8-14-22)36-27-32-24(23-15-9-4-10-16-23)17-25(33-27)28(29,30)31/h2-17,20H,18-19H2,1H3/t20-/m0/s1. The number of rotatable bonds is 8. The first-order chi connectivity index (χ1) is 17.3. The lowest BCUT2D eigenvalue weighted by Crippen LogP contribution is -2.35. The fourth-order valence-electron chi connectivity index (χ4n) is 3.66. The molecule has 0 aliphatic carbocycles. The Balaban J connectivity index is 1.60. The Morgan fingerprint density at radius 2 is 1.33 bits per heavy atom. The number of alkyl halides is 3. The van der Waals surface area contributed by atoms with Crippen LogP contribution in [0.1, 0.15) is 23.7 Å². The molecule has 4 aromatic rings. The number of carbonyl (C=O) groups excluding carboxylic acids is 1. The highest BCUT2D eigenvalue weighted by Crippen LogP contribution is 2.33. The summed E-state index contributed by atoms with van der Waals surface area (Å²) in [6.45, 7) is 2.41. The maximum atomic E-state index is 13.6. The van der Waals surface area contributed by atoms with Crippen molar-refractivity contribution in [3.63, 3.8) is 0 Å². The normalized spacial score (nSPS) is 12.2. The number of aromatic nitrogens is 2. The Kier molecular flexibility index (Phi) is 8.05. The van der Waals surface area contributed by atoms with Crippen LogP contribution in [-0.4, -0.2) is 26.0 Å². The monoisotopic (exact) mass is 507 g/mol. The van der Waals surface area contributed by atoms with E-state index in [9.17, 15) is 18.0 Å². The van der Waals surface area contributed by atoms with Gasteiger partial charge in [-0.25, -0.2) is 9.97 Å². The molecule has 184 valence electrons. The predicted octanol–water partition coefficient (Wildman–Crippen LogP) is 6.87. The van der Waals surface area contributed by atoms with E-state index in [1.54, 1.807) is 42.2 Å². The van der Waals surface area contributed by atoms with Gasteiger partial charge in [0, 0.05) is 18.7 Å². The third kappa shape index (κ3) is 6.73. The highest BCUT2D eigenvalue weighted by Gasteiger charge is 2.34. The lowest BCUT2D eigenvalue weighted by atomic mass is 10.1. The van der Waals surface area contributed by atoms with Gasteiger partial charge in [0.1, 0.15) is 5.69 Å². The number of halogens is 3. The van der Waals surface area contributed by atoms with Crippen LogP contribution in [0.4, 0.5) is 13.2 Å². The average Bonchev–Trinajstić information content (AvgIpc) is 2.89. The Morgan fingerprint density at radius 1 is 0.833 bits per heavy atom. The fraction of sp³-hybridized carbons (Fsp3) is 0.179. The van der Waals surface area contributed by atoms with Crippen molar-refractivity contribution in [2.75, 3.05) is 0 Å². The van der Waals surface area contributed by atoms with E-state index in [1.165, 1.54) is 0 Å². The minimum atomic E-state index is -4.64. The van der Waals surface area contributed by atoms with Crippen LogP contribution < -0.4 is 0 Å². The largest absolute Gasteiger partial charge is 0.433 e. The molecule has 0 saturated heterocycles. The van der Waals surface area contributed by atoms with Gasteiger partial charge in [-0.15, -0.1) is 0 Å². The molecule has 0 bridgehead atoms. The van der Waals surface area contributed by atoms with Crippen molar-refractivity contribution in [2.45, 2.75) is 36.6 Å². The molecule has 0 saturated carbocycles. The van der Waals surface area contributed by atoms with Crippen LogP contribution in [0.5, 0.6) is 0 Å². The molecule has 4 rings (SSSR count). The lowest BCUT2D eigenvalue weighted by Gasteiger charge is -2.26. The predicted molar refractivity (Wildman–Crippen MR) is 135 cm³/mol. The Hall–Kier alpha value is -3.65. The van der Waals surface area contributed by atoms with Gasteiger partial charge in [-0.05, 0) is 24.1 Å². The SMILES string of the molecule is C[C@H](Sc1nc(-c2ccccc2)cc(C(F)(F)F)n1)C(=O)N(Cc1ccccc1)Cc1ccccc1. The van der Waals surface area contributed by atoms with Crippen LogP contribution in [0.15, 0.2) is 102 Å². The van der Waals surface area contributed by atoms with E-state index in [0.29, 0.717) is 18.7 Å². The van der Waals surface area contributed by atoms with Crippen LogP contribution in [0.3, 0.4) is 0 Å². The number of nitrogens with zero attached hydrogens (tertiary/aromatic N) is 3. The molecule has 0 aliphatic heterocycles. The topological polar surface area (TPSA) is 46.1 Å². The zero-order valence-electron chi connectivity index (χ0n) is 19.5. The summed E-state index contributed by atoms with van der Waals surface area (Å²) < 4.78 is 40.8. The molecule has 0 radical (unpaired) electrons. The lowest BCUT2D eigenvalue weighted by molar-refractivity contribution is -0.141. The first kappa shape index (κ1) is 25.4. The van der Waals surface area contributed by atoms with Crippen LogP contribution in [-0.2, 0) is 24.1 Å². The van der Waals surface area contributed by atoms with Crippen molar-refractivity contribution in [3.05, 3.63) is 114 Å². The number of hydrogen-bond acceptors (Lipinski definition) is 4. The Labute approximate surface area is 212 Å². The second kappa shape index (κ2) is 11.4. The highest BCUT2D eigenvalue weighted by atomic mass is 32.2. The van der Waals surface area contributed by atoms with Gasteiger partial charge in [-0.3, -0.25) is 4.79 Å². The zero-order valence-corrected chi connectivity index (χ0v) is 20.3. The first-order valence-corrected chi connectivity index (χ1v) is 12.2. The summed E-state index contributed by atoms with van der Waals surface area (Å²) in [5, 5.41) is -0.798. The molecule has 4 nitrogen and oxygen atoms in total. The van der Waals surface area contributed by atoms with Crippen LogP contribution in [0.25, 0.3) is 11.3 Å². The summed E-state index contributed by atoms with van der Waals surface area (Å²) in [7, 11) is 0. The van der Waals surface area contributed by atoms with E-state index in [4.69, 9.17) is 0 Å². The van der Waals surface area contributed by atoms with Crippen molar-refractivity contribution in [1.29, 1.82) is 0 Å². The van der Waals surface area contributed by atoms with E-state index in [0.717, 1.165) is 29.0 Å². The summed E-state index contributed by atoms with van der Waals surface area (Å²) in [5.74, 6) is -0.213. The second-order valence-corrected chi connectivity index (χ2v) is 9.52. The summed E-state index contributed by atoms with van der Waals surface area (Å²) in [4.78, 5) is 23.3. The highest BCUT2D eigenvalue weighted by molar-refractivity contribution is 8.00. The minimum Gasteiger partial charge on any atom is -0.333 e. The van der Waals surface area contributed by atoms with Gasteiger partial charge < -0.3 is 4.90 Å². The van der Waals surface area contributed by atoms with Gasteiger partial charge in [0.05, 0.1) is 10.9 Å². The fourth-order valence-corrected chi connectivity index (χ4v) is 4.53. The first-order valence-electron chi connectivity index (χ1n) is 11.3. The molecule has 0 spiro atoms. The molecule has 1 amide bonds. The smallest absolute Gasteiger partial charge is 0.333 e. The molecule has 0 unspecified atom stereocenters. The van der Waals surface area contributed by atoms with E-state index in [-0.39, 0.29) is 16.8 Å². The Morgan fingerprint density at radius 3 is 1.83 bits per heavy atom. The number of amides is 1. The quantitative estimate of drug-likeness (QED) is 0.193. The van der Waals surface area contributed by atoms with E-state index in [1.807, 2.05) is 60.7 Å². The third-order valence-corrected chi connectivity index (χ3v) is 6.39. The van der Waals surface area contributed by atoms with E-state index < -0.39 is 17.1 Å². The van der Waals surface area contributed by atoms with Gasteiger partial charge in [0.15, 0.2) is 5.16 Å². The minimum absolute atomic E-state index is 0.0936. The average molecular weight is 508 g/mol. The van der Waals surface area contributed by atoms with Crippen molar-refractivity contribution >= 4 is 17.7 Å². The number of benzene rings is 3. The molecular formula is C28H24F3N3OS. The third-order valence-electron chi connectivity index (χ3n) is 5.44. The molecule has 1 heterocycles. The zero-order chi connectivity index (χ0) is 25.5. The molecule has 0 N–H and O–H groups in total. The summed E-state index contributed by atoms with van der Waals surface area (Å²) in [5.41, 5.74) is 1.58. The van der Waals surface area contributed by atoms with Gasteiger partial charge in [-0.2, -0.15) is 13.2 Å². The second-order valence-electron chi connectivity index (χ2n) is 8.21. The van der Waals surface area contributed by atoms with Crippen molar-refractivity contribution in [1.82, 2.24) is 14.9 Å². The number of thioether (sulfide) groups is 1. The molecule has 1 atom stereocenters. The maximum Gasteiger partial charge on any atom is 0.433 e. The summed E-state index contributed by atoms with van der Waals surface area (Å²) in [6.07, 6.45) is -4.64.